The second-order valence-corrected chi connectivity index (χ2v) is 5.93. The highest BCUT2D eigenvalue weighted by molar-refractivity contribution is 5.81. The van der Waals surface area contributed by atoms with Crippen molar-refractivity contribution >= 4 is 5.57 Å². The van der Waals surface area contributed by atoms with Gasteiger partial charge in [-0.05, 0) is 42.2 Å². The van der Waals surface area contributed by atoms with Gasteiger partial charge in [0, 0.05) is 11.8 Å². The standard InChI is InChI=1S/C23H21N/c1-4-6-22(23-18(3)7-5-16-24-23)21-14-12-20(13-15-21)19-10-8-17(2)9-11-19/h4-16H,1H2,2-3H3/b22-6-. The van der Waals surface area contributed by atoms with E-state index in [0.717, 1.165) is 22.4 Å². The Balaban J connectivity index is 1.99. The quantitative estimate of drug-likeness (QED) is 0.540. The van der Waals surface area contributed by atoms with Crippen LogP contribution in [-0.2, 0) is 0 Å². The molecule has 0 atom stereocenters. The van der Waals surface area contributed by atoms with Crippen LogP contribution >= 0.6 is 0 Å². The predicted molar refractivity (Wildman–Crippen MR) is 103 cm³/mol. The van der Waals surface area contributed by atoms with Gasteiger partial charge in [0.2, 0.25) is 0 Å². The van der Waals surface area contributed by atoms with Crippen molar-refractivity contribution in [2.24, 2.45) is 0 Å². The van der Waals surface area contributed by atoms with E-state index in [9.17, 15) is 0 Å². The van der Waals surface area contributed by atoms with Gasteiger partial charge in [-0.1, -0.05) is 78.9 Å². The third kappa shape index (κ3) is 3.36. The molecule has 1 aromatic heterocycles. The fraction of sp³-hybridized carbons (Fsp3) is 0.0870. The van der Waals surface area contributed by atoms with Crippen molar-refractivity contribution in [3.8, 4) is 11.1 Å². The summed E-state index contributed by atoms with van der Waals surface area (Å²) < 4.78 is 0. The summed E-state index contributed by atoms with van der Waals surface area (Å²) in [6.45, 7) is 8.04. The number of aromatic nitrogens is 1. The van der Waals surface area contributed by atoms with Gasteiger partial charge < -0.3 is 0 Å². The van der Waals surface area contributed by atoms with Crippen molar-refractivity contribution < 1.29 is 0 Å². The number of benzene rings is 2. The molecule has 24 heavy (non-hydrogen) atoms. The summed E-state index contributed by atoms with van der Waals surface area (Å²) in [6, 6.07) is 21.3. The molecule has 1 heteroatoms. The molecule has 1 nitrogen and oxygen atoms in total. The summed E-state index contributed by atoms with van der Waals surface area (Å²) in [7, 11) is 0. The zero-order valence-corrected chi connectivity index (χ0v) is 14.2. The van der Waals surface area contributed by atoms with E-state index in [1.54, 1.807) is 0 Å². The molecule has 0 unspecified atom stereocenters. The lowest BCUT2D eigenvalue weighted by Gasteiger charge is -2.11. The molecule has 0 fully saturated rings. The molecule has 0 aliphatic heterocycles. The predicted octanol–water partition coefficient (Wildman–Crippen LogP) is 5.98. The minimum Gasteiger partial charge on any atom is -0.256 e. The highest BCUT2D eigenvalue weighted by Gasteiger charge is 2.09. The van der Waals surface area contributed by atoms with Gasteiger partial charge in [0.15, 0.2) is 0 Å². The molecule has 3 aromatic rings. The molecule has 1 heterocycles. The van der Waals surface area contributed by atoms with Gasteiger partial charge in [-0.15, -0.1) is 0 Å². The number of rotatable bonds is 4. The average Bonchev–Trinajstić information content (AvgIpc) is 2.61. The van der Waals surface area contributed by atoms with Crippen LogP contribution in [-0.4, -0.2) is 4.98 Å². The lowest BCUT2D eigenvalue weighted by Crippen LogP contribution is -1.95. The van der Waals surface area contributed by atoms with E-state index in [2.05, 4.69) is 80.0 Å². The van der Waals surface area contributed by atoms with Crippen molar-refractivity contribution in [1.29, 1.82) is 0 Å². The number of aryl methyl sites for hydroxylation is 2. The molecule has 3 rings (SSSR count). The van der Waals surface area contributed by atoms with Crippen molar-refractivity contribution in [2.45, 2.75) is 13.8 Å². The maximum absolute atomic E-state index is 4.55. The summed E-state index contributed by atoms with van der Waals surface area (Å²) in [5.74, 6) is 0. The van der Waals surface area contributed by atoms with E-state index in [4.69, 9.17) is 0 Å². The van der Waals surface area contributed by atoms with Crippen LogP contribution < -0.4 is 0 Å². The molecule has 0 aliphatic rings. The third-order valence-electron chi connectivity index (χ3n) is 4.13. The zero-order chi connectivity index (χ0) is 16.9. The van der Waals surface area contributed by atoms with E-state index in [1.807, 2.05) is 24.4 Å². The molecule has 2 aromatic carbocycles. The molecular weight excluding hydrogens is 290 g/mol. The second kappa shape index (κ2) is 7.10. The van der Waals surface area contributed by atoms with Gasteiger partial charge in [0.1, 0.15) is 0 Å². The first-order chi connectivity index (χ1) is 11.7. The van der Waals surface area contributed by atoms with Crippen LogP contribution in [0.3, 0.4) is 0 Å². The number of allylic oxidation sites excluding steroid dienone is 2. The maximum Gasteiger partial charge on any atom is 0.0737 e. The highest BCUT2D eigenvalue weighted by Crippen LogP contribution is 2.27. The first kappa shape index (κ1) is 15.9. The monoisotopic (exact) mass is 311 g/mol. The first-order valence-corrected chi connectivity index (χ1v) is 8.11. The molecule has 0 amide bonds. The van der Waals surface area contributed by atoms with Crippen molar-refractivity contribution in [3.63, 3.8) is 0 Å². The molecule has 0 saturated heterocycles. The Hall–Kier alpha value is -2.93. The van der Waals surface area contributed by atoms with E-state index in [-0.39, 0.29) is 0 Å². The Morgan fingerprint density at radius 1 is 0.875 bits per heavy atom. The van der Waals surface area contributed by atoms with Crippen LogP contribution in [0.5, 0.6) is 0 Å². The minimum absolute atomic E-state index is 1.00. The zero-order valence-electron chi connectivity index (χ0n) is 14.2. The Labute approximate surface area is 144 Å². The summed E-state index contributed by atoms with van der Waals surface area (Å²) in [5, 5.41) is 0. The summed E-state index contributed by atoms with van der Waals surface area (Å²) in [6.07, 6.45) is 5.67. The molecule has 0 aliphatic carbocycles. The number of pyridine rings is 1. The van der Waals surface area contributed by atoms with Crippen molar-refractivity contribution in [3.05, 3.63) is 108 Å². The average molecular weight is 311 g/mol. The van der Waals surface area contributed by atoms with E-state index >= 15 is 0 Å². The summed E-state index contributed by atoms with van der Waals surface area (Å²) in [4.78, 5) is 4.55. The second-order valence-electron chi connectivity index (χ2n) is 5.93. The van der Waals surface area contributed by atoms with Gasteiger partial charge in [-0.2, -0.15) is 0 Å². The topological polar surface area (TPSA) is 12.9 Å². The lowest BCUT2D eigenvalue weighted by atomic mass is 9.96. The Morgan fingerprint density at radius 2 is 1.50 bits per heavy atom. The van der Waals surface area contributed by atoms with Crippen LogP contribution in [0.25, 0.3) is 16.7 Å². The summed E-state index contributed by atoms with van der Waals surface area (Å²) >= 11 is 0. The fourth-order valence-electron chi connectivity index (χ4n) is 2.79. The van der Waals surface area contributed by atoms with Crippen LogP contribution in [0.4, 0.5) is 0 Å². The van der Waals surface area contributed by atoms with Crippen LogP contribution in [0.15, 0.2) is 85.6 Å². The smallest absolute Gasteiger partial charge is 0.0737 e. The van der Waals surface area contributed by atoms with Crippen molar-refractivity contribution in [1.82, 2.24) is 4.98 Å². The molecule has 0 N–H and O–H groups in total. The molecule has 0 bridgehead atoms. The highest BCUT2D eigenvalue weighted by atomic mass is 14.7. The van der Waals surface area contributed by atoms with Gasteiger partial charge in [-0.25, -0.2) is 0 Å². The lowest BCUT2D eigenvalue weighted by molar-refractivity contribution is 1.22. The molecule has 0 spiro atoms. The van der Waals surface area contributed by atoms with E-state index < -0.39 is 0 Å². The molecular formula is C23H21N. The van der Waals surface area contributed by atoms with Gasteiger partial charge in [0.05, 0.1) is 5.69 Å². The Kier molecular flexibility index (Phi) is 4.72. The molecule has 118 valence electrons. The largest absolute Gasteiger partial charge is 0.256 e. The van der Waals surface area contributed by atoms with Gasteiger partial charge >= 0.3 is 0 Å². The van der Waals surface area contributed by atoms with Crippen LogP contribution in [0, 0.1) is 13.8 Å². The van der Waals surface area contributed by atoms with E-state index in [1.165, 1.54) is 16.7 Å². The number of hydrogen-bond donors (Lipinski definition) is 0. The van der Waals surface area contributed by atoms with Gasteiger partial charge in [-0.3, -0.25) is 4.98 Å². The Morgan fingerprint density at radius 3 is 2.08 bits per heavy atom. The van der Waals surface area contributed by atoms with Crippen LogP contribution in [0.2, 0.25) is 0 Å². The van der Waals surface area contributed by atoms with Crippen molar-refractivity contribution in [2.75, 3.05) is 0 Å². The third-order valence-corrected chi connectivity index (χ3v) is 4.13. The molecule has 0 radical (unpaired) electrons. The minimum atomic E-state index is 1.00. The molecule has 0 saturated carbocycles. The van der Waals surface area contributed by atoms with Crippen LogP contribution in [0.1, 0.15) is 22.4 Å². The normalized spacial score (nSPS) is 11.3. The number of nitrogens with zero attached hydrogens (tertiary/aromatic N) is 1. The first-order valence-electron chi connectivity index (χ1n) is 8.11. The number of hydrogen-bond acceptors (Lipinski definition) is 1. The SMILES string of the molecule is C=C/C=C(/c1ccc(-c2ccc(C)cc2)cc1)c1ncccc1C. The maximum atomic E-state index is 4.55. The van der Waals surface area contributed by atoms with E-state index in [0.29, 0.717) is 0 Å². The van der Waals surface area contributed by atoms with Gasteiger partial charge in [0.25, 0.3) is 0 Å². The fourth-order valence-corrected chi connectivity index (χ4v) is 2.79. The summed E-state index contributed by atoms with van der Waals surface area (Å²) in [5.41, 5.74) is 8.13. The Bertz CT molecular complexity index is 869.